The summed E-state index contributed by atoms with van der Waals surface area (Å²) in [6.07, 6.45) is 5.58. The van der Waals surface area contributed by atoms with Gasteiger partial charge in [0.05, 0.1) is 6.04 Å². The van der Waals surface area contributed by atoms with Crippen LogP contribution in [0.1, 0.15) is 44.6 Å². The van der Waals surface area contributed by atoms with Gasteiger partial charge in [-0.25, -0.2) is 0 Å². The Kier molecular flexibility index (Phi) is 3.60. The van der Waals surface area contributed by atoms with Gasteiger partial charge in [0.25, 0.3) is 0 Å². The Morgan fingerprint density at radius 2 is 2.05 bits per heavy atom. The normalized spacial score (nSPS) is 33.2. The number of anilines is 1. The molecule has 106 valence electrons. The van der Waals surface area contributed by atoms with E-state index in [0.717, 1.165) is 23.6 Å². The summed E-state index contributed by atoms with van der Waals surface area (Å²) in [7, 11) is 0. The minimum Gasteiger partial charge on any atom is -0.325 e. The number of aliphatic imine (C=N–C) groups is 1. The second kappa shape index (κ2) is 5.39. The molecule has 2 aliphatic rings. The molecule has 3 nitrogen and oxygen atoms in total. The first-order valence-electron chi connectivity index (χ1n) is 7.60. The highest BCUT2D eigenvalue weighted by atomic mass is 16.2. The summed E-state index contributed by atoms with van der Waals surface area (Å²) >= 11 is 0. The van der Waals surface area contributed by atoms with Gasteiger partial charge in [0.1, 0.15) is 5.92 Å². The molecule has 1 saturated carbocycles. The minimum atomic E-state index is -0.212. The molecule has 1 aliphatic carbocycles. The van der Waals surface area contributed by atoms with Crippen LogP contribution in [0.5, 0.6) is 0 Å². The van der Waals surface area contributed by atoms with Crippen LogP contribution in [0, 0.1) is 11.8 Å². The van der Waals surface area contributed by atoms with E-state index in [9.17, 15) is 4.79 Å². The number of amides is 1. The van der Waals surface area contributed by atoms with Gasteiger partial charge in [-0.2, -0.15) is 0 Å². The summed E-state index contributed by atoms with van der Waals surface area (Å²) in [4.78, 5) is 16.8. The van der Waals surface area contributed by atoms with Gasteiger partial charge in [0.2, 0.25) is 5.91 Å². The predicted molar refractivity (Wildman–Crippen MR) is 82.3 cm³/mol. The Morgan fingerprint density at radius 1 is 1.25 bits per heavy atom. The van der Waals surface area contributed by atoms with Gasteiger partial charge in [-0.15, -0.1) is 0 Å². The van der Waals surface area contributed by atoms with Crippen molar-refractivity contribution in [3.05, 3.63) is 29.8 Å². The number of carbonyl (C=O) groups excluding carboxylic acids is 1. The fourth-order valence-corrected chi connectivity index (χ4v) is 3.34. The molecule has 3 rings (SSSR count). The smallest absolute Gasteiger partial charge is 0.237 e. The third-order valence-corrected chi connectivity index (χ3v) is 4.93. The van der Waals surface area contributed by atoms with Crippen LogP contribution in [0.25, 0.3) is 0 Å². The van der Waals surface area contributed by atoms with Gasteiger partial charge in [0, 0.05) is 11.9 Å². The molecule has 20 heavy (non-hydrogen) atoms. The van der Waals surface area contributed by atoms with E-state index in [1.165, 1.54) is 12.8 Å². The molecule has 4 atom stereocenters. The first-order chi connectivity index (χ1) is 9.66. The van der Waals surface area contributed by atoms with Crippen LogP contribution < -0.4 is 5.32 Å². The van der Waals surface area contributed by atoms with Crippen LogP contribution in [-0.2, 0) is 4.79 Å². The van der Waals surface area contributed by atoms with Crippen LogP contribution in [0.4, 0.5) is 5.69 Å². The number of nitrogens with zero attached hydrogens (tertiary/aromatic N) is 1. The van der Waals surface area contributed by atoms with E-state index in [1.54, 1.807) is 0 Å². The van der Waals surface area contributed by atoms with Gasteiger partial charge in [-0.05, 0) is 29.9 Å². The number of benzene rings is 1. The predicted octanol–water partition coefficient (Wildman–Crippen LogP) is 3.62. The number of fused-ring (bicyclic) bond motifs is 1. The van der Waals surface area contributed by atoms with Crippen LogP contribution in [0.15, 0.2) is 29.3 Å². The lowest BCUT2D eigenvalue weighted by Gasteiger charge is -2.31. The second-order valence-electron chi connectivity index (χ2n) is 6.19. The van der Waals surface area contributed by atoms with E-state index in [0.29, 0.717) is 12.0 Å². The third kappa shape index (κ3) is 2.37. The maximum Gasteiger partial charge on any atom is 0.237 e. The van der Waals surface area contributed by atoms with Gasteiger partial charge >= 0.3 is 0 Å². The van der Waals surface area contributed by atoms with Gasteiger partial charge in [0.15, 0.2) is 0 Å². The third-order valence-electron chi connectivity index (χ3n) is 4.93. The number of rotatable bonds is 2. The zero-order chi connectivity index (χ0) is 14.1. The molecule has 1 fully saturated rings. The molecular weight excluding hydrogens is 248 g/mol. The van der Waals surface area contributed by atoms with Crippen molar-refractivity contribution in [2.75, 3.05) is 5.32 Å². The molecule has 1 aromatic rings. The monoisotopic (exact) mass is 270 g/mol. The van der Waals surface area contributed by atoms with Crippen molar-refractivity contribution in [2.24, 2.45) is 16.8 Å². The summed E-state index contributed by atoms with van der Waals surface area (Å²) in [5.74, 6) is 1.18. The fraction of sp³-hybridized carbons (Fsp3) is 0.529. The molecule has 4 unspecified atom stereocenters. The lowest BCUT2D eigenvalue weighted by molar-refractivity contribution is -0.115. The summed E-state index contributed by atoms with van der Waals surface area (Å²) in [6.45, 7) is 4.60. The second-order valence-corrected chi connectivity index (χ2v) is 6.19. The highest BCUT2D eigenvalue weighted by Gasteiger charge is 2.30. The number of carbonyl (C=O) groups is 1. The van der Waals surface area contributed by atoms with Gasteiger partial charge < -0.3 is 5.32 Å². The first-order valence-corrected chi connectivity index (χ1v) is 7.60. The van der Waals surface area contributed by atoms with Crippen molar-refractivity contribution in [1.82, 2.24) is 0 Å². The SMILES string of the molecule is CC1CCCC(N=CC2C(=O)Nc3ccccc32)C1C. The molecule has 1 amide bonds. The standard InChI is InChI=1S/C17H22N2O/c1-11-6-5-9-15(12(11)2)18-10-14-13-7-3-4-8-16(13)19-17(14)20/h3-4,7-8,10-12,14-15H,5-6,9H2,1-2H3,(H,19,20). The van der Waals surface area contributed by atoms with Crippen molar-refractivity contribution in [1.29, 1.82) is 0 Å². The van der Waals surface area contributed by atoms with Crippen LogP contribution in [0.3, 0.4) is 0 Å². The fourth-order valence-electron chi connectivity index (χ4n) is 3.34. The maximum absolute atomic E-state index is 12.0. The Morgan fingerprint density at radius 3 is 2.90 bits per heavy atom. The molecule has 3 heteroatoms. The van der Waals surface area contributed by atoms with E-state index >= 15 is 0 Å². The largest absolute Gasteiger partial charge is 0.325 e. The average Bonchev–Trinajstić information content (AvgIpc) is 2.76. The van der Waals surface area contributed by atoms with Crippen LogP contribution >= 0.6 is 0 Å². The lowest BCUT2D eigenvalue weighted by atomic mass is 9.78. The molecule has 1 N–H and O–H groups in total. The van der Waals surface area contributed by atoms with E-state index in [2.05, 4.69) is 19.2 Å². The van der Waals surface area contributed by atoms with Crippen LogP contribution in [0.2, 0.25) is 0 Å². The molecular formula is C17H22N2O. The van der Waals surface area contributed by atoms with Crippen LogP contribution in [-0.4, -0.2) is 18.2 Å². The average molecular weight is 270 g/mol. The number of para-hydroxylation sites is 1. The molecule has 0 bridgehead atoms. The van der Waals surface area contributed by atoms with Crippen molar-refractivity contribution in [2.45, 2.75) is 45.1 Å². The molecule has 0 aromatic heterocycles. The van der Waals surface area contributed by atoms with Crippen molar-refractivity contribution in [3.63, 3.8) is 0 Å². The Balaban J connectivity index is 1.77. The highest BCUT2D eigenvalue weighted by molar-refractivity contribution is 6.12. The molecule has 1 aliphatic heterocycles. The summed E-state index contributed by atoms with van der Waals surface area (Å²) in [6, 6.07) is 8.26. The number of hydrogen-bond donors (Lipinski definition) is 1. The Labute approximate surface area is 120 Å². The molecule has 1 heterocycles. The maximum atomic E-state index is 12.0. The van der Waals surface area contributed by atoms with Crippen molar-refractivity contribution < 1.29 is 4.79 Å². The Bertz CT molecular complexity index is 538. The summed E-state index contributed by atoms with van der Waals surface area (Å²) < 4.78 is 0. The lowest BCUT2D eigenvalue weighted by Crippen LogP contribution is -2.28. The van der Waals surface area contributed by atoms with Gasteiger partial charge in [-0.3, -0.25) is 9.79 Å². The summed E-state index contributed by atoms with van der Waals surface area (Å²) in [5, 5.41) is 2.93. The van der Waals surface area contributed by atoms with E-state index < -0.39 is 0 Å². The zero-order valence-corrected chi connectivity index (χ0v) is 12.2. The first kappa shape index (κ1) is 13.3. The van der Waals surface area contributed by atoms with Gasteiger partial charge in [-0.1, -0.05) is 44.9 Å². The highest BCUT2D eigenvalue weighted by Crippen LogP contribution is 2.34. The van der Waals surface area contributed by atoms with E-state index in [1.807, 2.05) is 30.5 Å². The molecule has 0 spiro atoms. The minimum absolute atomic E-state index is 0.0476. The van der Waals surface area contributed by atoms with E-state index in [-0.39, 0.29) is 11.8 Å². The zero-order valence-electron chi connectivity index (χ0n) is 12.2. The summed E-state index contributed by atoms with van der Waals surface area (Å²) in [5.41, 5.74) is 1.98. The number of nitrogens with one attached hydrogen (secondary N) is 1. The quantitative estimate of drug-likeness (QED) is 0.819. The topological polar surface area (TPSA) is 41.5 Å². The number of hydrogen-bond acceptors (Lipinski definition) is 2. The molecule has 0 saturated heterocycles. The molecule has 1 aromatic carbocycles. The van der Waals surface area contributed by atoms with E-state index in [4.69, 9.17) is 4.99 Å². The van der Waals surface area contributed by atoms with Crippen molar-refractivity contribution >= 4 is 17.8 Å². The molecule has 0 radical (unpaired) electrons. The van der Waals surface area contributed by atoms with Crippen molar-refractivity contribution in [3.8, 4) is 0 Å². The Hall–Kier alpha value is -1.64.